The van der Waals surface area contributed by atoms with Gasteiger partial charge >= 0.3 is 5.97 Å². The molecule has 0 bridgehead atoms. The molecular formula is C6H11NO3S. The first-order valence-electron chi connectivity index (χ1n) is 3.12. The smallest absolute Gasteiger partial charge is 0.306 e. The molecule has 0 aromatic carbocycles. The lowest BCUT2D eigenvalue weighted by Gasteiger charge is -1.97. The summed E-state index contributed by atoms with van der Waals surface area (Å²) < 4.78 is 4.38. The molecule has 0 aromatic rings. The van der Waals surface area contributed by atoms with Crippen LogP contribution < -0.4 is 5.32 Å². The van der Waals surface area contributed by atoms with Crippen LogP contribution in [0.2, 0.25) is 0 Å². The maximum atomic E-state index is 10.6. The molecule has 1 N–H and O–H groups in total. The van der Waals surface area contributed by atoms with Crippen LogP contribution in [-0.2, 0) is 9.53 Å². The Labute approximate surface area is 69.7 Å². The lowest BCUT2D eigenvalue weighted by atomic mass is 10.5. The minimum absolute atomic E-state index is 0.131. The van der Waals surface area contributed by atoms with E-state index in [2.05, 4.69) is 10.1 Å². The van der Waals surface area contributed by atoms with Crippen LogP contribution in [0.25, 0.3) is 0 Å². The Balaban J connectivity index is 3.27. The lowest BCUT2D eigenvalue weighted by molar-refractivity contribution is -0.140. The van der Waals surface area contributed by atoms with Crippen molar-refractivity contribution in [1.29, 1.82) is 0 Å². The Morgan fingerprint density at radius 1 is 1.55 bits per heavy atom. The van der Waals surface area contributed by atoms with Gasteiger partial charge in [0.1, 0.15) is 0 Å². The Kier molecular flexibility index (Phi) is 5.64. The number of carbonyl (C=O) groups excluding carboxylic acids is 2. The van der Waals surface area contributed by atoms with Crippen molar-refractivity contribution in [2.45, 2.75) is 6.42 Å². The highest BCUT2D eigenvalue weighted by Crippen LogP contribution is 2.03. The van der Waals surface area contributed by atoms with Crippen molar-refractivity contribution < 1.29 is 14.3 Å². The summed E-state index contributed by atoms with van der Waals surface area (Å²) in [4.78, 5) is 21.1. The number of ether oxygens (including phenoxy) is 1. The number of methoxy groups -OCH3 is 1. The number of amides is 1. The minimum Gasteiger partial charge on any atom is -0.469 e. The summed E-state index contributed by atoms with van der Waals surface area (Å²) in [6.45, 7) is 0. The van der Waals surface area contributed by atoms with Crippen LogP contribution in [0.1, 0.15) is 6.42 Å². The maximum Gasteiger partial charge on any atom is 0.306 e. The van der Waals surface area contributed by atoms with E-state index in [1.807, 2.05) is 0 Å². The number of carbonyl (C=O) groups is 2. The Hall–Kier alpha value is -0.710. The van der Waals surface area contributed by atoms with Crippen LogP contribution in [-0.4, -0.2) is 31.1 Å². The molecule has 0 aliphatic heterocycles. The van der Waals surface area contributed by atoms with Crippen molar-refractivity contribution in [3.63, 3.8) is 0 Å². The van der Waals surface area contributed by atoms with E-state index < -0.39 is 0 Å². The summed E-state index contributed by atoms with van der Waals surface area (Å²) in [5.41, 5.74) is 0. The Bertz CT molecular complexity index is 133. The molecule has 0 rings (SSSR count). The van der Waals surface area contributed by atoms with Gasteiger partial charge < -0.3 is 10.1 Å². The van der Waals surface area contributed by atoms with Crippen molar-refractivity contribution in [3.8, 4) is 0 Å². The highest BCUT2D eigenvalue weighted by Gasteiger charge is 2.02. The summed E-state index contributed by atoms with van der Waals surface area (Å²) in [6, 6.07) is 0. The second-order valence-electron chi connectivity index (χ2n) is 1.71. The van der Waals surface area contributed by atoms with Crippen LogP contribution in [0.4, 0.5) is 4.79 Å². The zero-order valence-electron chi connectivity index (χ0n) is 6.55. The molecule has 0 saturated carbocycles. The average Bonchev–Trinajstić information content (AvgIpc) is 2.04. The summed E-state index contributed by atoms with van der Waals surface area (Å²) in [5, 5.41) is 2.30. The SMILES string of the molecule is CNC(=O)SCCC(=O)OC. The summed E-state index contributed by atoms with van der Waals surface area (Å²) in [6.07, 6.45) is 0.272. The Morgan fingerprint density at radius 2 is 2.18 bits per heavy atom. The summed E-state index contributed by atoms with van der Waals surface area (Å²) >= 11 is 1.07. The molecule has 0 spiro atoms. The van der Waals surface area contributed by atoms with Gasteiger partial charge in [0.25, 0.3) is 5.24 Å². The minimum atomic E-state index is -0.290. The van der Waals surface area contributed by atoms with Gasteiger partial charge in [0.05, 0.1) is 13.5 Å². The highest BCUT2D eigenvalue weighted by atomic mass is 32.2. The second kappa shape index (κ2) is 6.03. The van der Waals surface area contributed by atoms with E-state index in [1.165, 1.54) is 7.11 Å². The van der Waals surface area contributed by atoms with E-state index >= 15 is 0 Å². The monoisotopic (exact) mass is 177 g/mol. The normalized spacial score (nSPS) is 8.91. The molecule has 11 heavy (non-hydrogen) atoms. The van der Waals surface area contributed by atoms with Crippen LogP contribution in [0.3, 0.4) is 0 Å². The summed E-state index contributed by atoms with van der Waals surface area (Å²) in [7, 11) is 2.88. The van der Waals surface area contributed by atoms with Gasteiger partial charge in [-0.2, -0.15) is 0 Å². The van der Waals surface area contributed by atoms with Crippen molar-refractivity contribution >= 4 is 23.0 Å². The largest absolute Gasteiger partial charge is 0.469 e. The molecule has 0 unspecified atom stereocenters. The van der Waals surface area contributed by atoms with Gasteiger partial charge in [-0.05, 0) is 0 Å². The molecule has 0 atom stereocenters. The molecule has 0 aliphatic carbocycles. The Morgan fingerprint density at radius 3 is 2.64 bits per heavy atom. The van der Waals surface area contributed by atoms with E-state index in [0.717, 1.165) is 11.8 Å². The van der Waals surface area contributed by atoms with Gasteiger partial charge in [-0.1, -0.05) is 11.8 Å². The first-order valence-corrected chi connectivity index (χ1v) is 4.10. The molecule has 5 heteroatoms. The first-order chi connectivity index (χ1) is 5.20. The van der Waals surface area contributed by atoms with Crippen LogP contribution in [0.5, 0.6) is 0 Å². The fourth-order valence-electron chi connectivity index (χ4n) is 0.401. The fourth-order valence-corrected chi connectivity index (χ4v) is 1.000. The molecular weight excluding hydrogens is 166 g/mol. The number of hydrogen-bond acceptors (Lipinski definition) is 4. The van der Waals surface area contributed by atoms with Crippen LogP contribution in [0, 0.1) is 0 Å². The molecule has 4 nitrogen and oxygen atoms in total. The van der Waals surface area contributed by atoms with Crippen molar-refractivity contribution in [1.82, 2.24) is 5.32 Å². The first kappa shape index (κ1) is 10.3. The number of esters is 1. The third-order valence-corrected chi connectivity index (χ3v) is 1.85. The zero-order chi connectivity index (χ0) is 8.69. The maximum absolute atomic E-state index is 10.6. The molecule has 0 radical (unpaired) electrons. The van der Waals surface area contributed by atoms with E-state index in [0.29, 0.717) is 5.75 Å². The highest BCUT2D eigenvalue weighted by molar-refractivity contribution is 8.13. The number of nitrogens with one attached hydrogen (secondary N) is 1. The van der Waals surface area contributed by atoms with E-state index in [1.54, 1.807) is 7.05 Å². The van der Waals surface area contributed by atoms with Crippen molar-refractivity contribution in [2.75, 3.05) is 19.9 Å². The molecule has 0 heterocycles. The predicted octanol–water partition coefficient (Wildman–Crippen LogP) is 0.622. The molecule has 0 aromatic heterocycles. The van der Waals surface area contributed by atoms with Crippen molar-refractivity contribution in [3.05, 3.63) is 0 Å². The van der Waals surface area contributed by atoms with Gasteiger partial charge in [0.2, 0.25) is 0 Å². The number of rotatable bonds is 3. The standard InChI is InChI=1S/C6H11NO3S/c1-7-6(9)11-4-3-5(8)10-2/h3-4H2,1-2H3,(H,7,9). The number of thioether (sulfide) groups is 1. The molecule has 0 saturated heterocycles. The van der Waals surface area contributed by atoms with Crippen LogP contribution >= 0.6 is 11.8 Å². The predicted molar refractivity (Wildman–Crippen MR) is 43.5 cm³/mol. The molecule has 0 fully saturated rings. The zero-order valence-corrected chi connectivity index (χ0v) is 7.36. The second-order valence-corrected chi connectivity index (χ2v) is 2.78. The lowest BCUT2D eigenvalue weighted by Crippen LogP contribution is -2.12. The third kappa shape index (κ3) is 5.72. The molecule has 64 valence electrons. The van der Waals surface area contributed by atoms with Gasteiger partial charge in [-0.25, -0.2) is 0 Å². The van der Waals surface area contributed by atoms with Gasteiger partial charge in [-0.3, -0.25) is 9.59 Å². The van der Waals surface area contributed by atoms with Gasteiger partial charge in [0, 0.05) is 12.8 Å². The van der Waals surface area contributed by atoms with E-state index in [4.69, 9.17) is 0 Å². The summed E-state index contributed by atoms with van der Waals surface area (Å²) in [5.74, 6) is 0.174. The molecule has 0 aliphatic rings. The average molecular weight is 177 g/mol. The van der Waals surface area contributed by atoms with E-state index in [-0.39, 0.29) is 17.6 Å². The quantitative estimate of drug-likeness (QED) is 0.642. The van der Waals surface area contributed by atoms with Gasteiger partial charge in [-0.15, -0.1) is 0 Å². The fraction of sp³-hybridized carbons (Fsp3) is 0.667. The molecule has 1 amide bonds. The third-order valence-electron chi connectivity index (χ3n) is 0.971. The topological polar surface area (TPSA) is 55.4 Å². The van der Waals surface area contributed by atoms with Crippen LogP contribution in [0.15, 0.2) is 0 Å². The number of hydrogen-bond donors (Lipinski definition) is 1. The van der Waals surface area contributed by atoms with Crippen molar-refractivity contribution in [2.24, 2.45) is 0 Å². The van der Waals surface area contributed by atoms with E-state index in [9.17, 15) is 9.59 Å². The van der Waals surface area contributed by atoms with Gasteiger partial charge in [0.15, 0.2) is 0 Å².